The summed E-state index contributed by atoms with van der Waals surface area (Å²) < 4.78 is 2.39. The second kappa shape index (κ2) is 9.42. The zero-order chi connectivity index (χ0) is 15.8. The number of hydrogen-bond donors (Lipinski definition) is 0. The van der Waals surface area contributed by atoms with Crippen LogP contribution in [0.1, 0.15) is 43.0 Å². The normalized spacial score (nSPS) is 10.0. The average Bonchev–Trinajstić information content (AvgIpc) is 2.52. The van der Waals surface area contributed by atoms with Crippen molar-refractivity contribution in [2.45, 2.75) is 47.0 Å². The van der Waals surface area contributed by atoms with Gasteiger partial charge in [-0.15, -0.1) is 0 Å². The lowest BCUT2D eigenvalue weighted by molar-refractivity contribution is 0.949. The lowest BCUT2D eigenvalue weighted by Crippen LogP contribution is -1.94. The molecule has 0 aromatic heterocycles. The van der Waals surface area contributed by atoms with Crippen LogP contribution >= 0.6 is 31.9 Å². The fourth-order valence-corrected chi connectivity index (χ4v) is 3.15. The van der Waals surface area contributed by atoms with Crippen LogP contribution in [-0.4, -0.2) is 0 Å². The van der Waals surface area contributed by atoms with E-state index in [4.69, 9.17) is 0 Å². The first-order valence-electron chi connectivity index (χ1n) is 7.62. The van der Waals surface area contributed by atoms with Crippen LogP contribution in [0.25, 0.3) is 0 Å². The predicted molar refractivity (Wildman–Crippen MR) is 101 cm³/mol. The van der Waals surface area contributed by atoms with Crippen molar-refractivity contribution in [2.75, 3.05) is 0 Å². The Hall–Kier alpha value is -0.600. The minimum absolute atomic E-state index is 1.06. The van der Waals surface area contributed by atoms with Gasteiger partial charge in [0.2, 0.25) is 0 Å². The van der Waals surface area contributed by atoms with Gasteiger partial charge in [0.05, 0.1) is 0 Å². The third kappa shape index (κ3) is 5.60. The molecule has 0 atom stereocenters. The van der Waals surface area contributed by atoms with E-state index in [1.54, 1.807) is 0 Å². The SMILES string of the molecule is CC.CCc1ccc(CCc2cc(Br)c(C)cc2Br)cc1. The fraction of sp³-hybridized carbons (Fsp3) is 0.368. The molecule has 2 aromatic carbocycles. The summed E-state index contributed by atoms with van der Waals surface area (Å²) in [7, 11) is 0. The maximum atomic E-state index is 3.66. The Morgan fingerprint density at radius 3 is 1.95 bits per heavy atom. The van der Waals surface area contributed by atoms with Crippen LogP contribution in [0.4, 0.5) is 0 Å². The Kier molecular flexibility index (Phi) is 8.28. The number of hydrogen-bond acceptors (Lipinski definition) is 0. The molecule has 114 valence electrons. The Morgan fingerprint density at radius 1 is 0.810 bits per heavy atom. The van der Waals surface area contributed by atoms with E-state index in [0.717, 1.165) is 19.3 Å². The molecule has 0 amide bonds. The first kappa shape index (κ1) is 18.4. The number of rotatable bonds is 4. The molecule has 2 heteroatoms. The molecular weight excluding hydrogens is 388 g/mol. The summed E-state index contributed by atoms with van der Waals surface area (Å²) >= 11 is 7.26. The first-order valence-corrected chi connectivity index (χ1v) is 9.21. The summed E-state index contributed by atoms with van der Waals surface area (Å²) in [6, 6.07) is 13.4. The highest BCUT2D eigenvalue weighted by Gasteiger charge is 2.04. The van der Waals surface area contributed by atoms with E-state index >= 15 is 0 Å². The summed E-state index contributed by atoms with van der Waals surface area (Å²) in [5.74, 6) is 0. The maximum absolute atomic E-state index is 3.66. The molecule has 0 aliphatic heterocycles. The Balaban J connectivity index is 0.00000106. The van der Waals surface area contributed by atoms with Gasteiger partial charge in [0.25, 0.3) is 0 Å². The molecular formula is C19H24Br2. The summed E-state index contributed by atoms with van der Waals surface area (Å²) in [6.07, 6.45) is 3.25. The van der Waals surface area contributed by atoms with Crippen molar-refractivity contribution < 1.29 is 0 Å². The molecule has 0 spiro atoms. The minimum atomic E-state index is 1.06. The summed E-state index contributed by atoms with van der Waals surface area (Å²) in [5.41, 5.74) is 5.43. The van der Waals surface area contributed by atoms with Crippen molar-refractivity contribution in [3.63, 3.8) is 0 Å². The lowest BCUT2D eigenvalue weighted by atomic mass is 10.0. The van der Waals surface area contributed by atoms with Gasteiger partial charge in [-0.1, -0.05) is 76.9 Å². The molecule has 0 saturated carbocycles. The average molecular weight is 412 g/mol. The van der Waals surface area contributed by atoms with Crippen LogP contribution < -0.4 is 0 Å². The smallest absolute Gasteiger partial charge is 0.0210 e. The van der Waals surface area contributed by atoms with Gasteiger partial charge in [-0.3, -0.25) is 0 Å². The summed E-state index contributed by atoms with van der Waals surface area (Å²) in [5, 5.41) is 0. The molecule has 0 N–H and O–H groups in total. The Bertz CT molecular complexity index is 557. The van der Waals surface area contributed by atoms with Crippen molar-refractivity contribution in [1.29, 1.82) is 0 Å². The third-order valence-corrected chi connectivity index (χ3v) is 5.03. The second-order valence-electron chi connectivity index (χ2n) is 4.86. The van der Waals surface area contributed by atoms with Gasteiger partial charge in [0.15, 0.2) is 0 Å². The molecule has 0 aliphatic rings. The van der Waals surface area contributed by atoms with Crippen molar-refractivity contribution in [1.82, 2.24) is 0 Å². The number of benzene rings is 2. The molecule has 0 fully saturated rings. The molecule has 0 saturated heterocycles. The highest BCUT2D eigenvalue weighted by Crippen LogP contribution is 2.26. The van der Waals surface area contributed by atoms with Gasteiger partial charge < -0.3 is 0 Å². The second-order valence-corrected chi connectivity index (χ2v) is 6.57. The molecule has 0 bridgehead atoms. The zero-order valence-corrected chi connectivity index (χ0v) is 16.5. The van der Waals surface area contributed by atoms with Crippen LogP contribution in [-0.2, 0) is 19.3 Å². The Morgan fingerprint density at radius 2 is 1.38 bits per heavy atom. The van der Waals surface area contributed by atoms with E-state index in [1.807, 2.05) is 13.8 Å². The minimum Gasteiger partial charge on any atom is -0.0683 e. The van der Waals surface area contributed by atoms with Gasteiger partial charge >= 0.3 is 0 Å². The topological polar surface area (TPSA) is 0 Å². The van der Waals surface area contributed by atoms with E-state index < -0.39 is 0 Å². The van der Waals surface area contributed by atoms with E-state index in [2.05, 4.69) is 82.1 Å². The standard InChI is InChI=1S/C17H18Br2.C2H6/c1-3-13-4-6-14(7-5-13)8-9-15-11-16(18)12(2)10-17(15)19;1-2/h4-7,10-11H,3,8-9H2,1-2H3;1-2H3. The van der Waals surface area contributed by atoms with Gasteiger partial charge in [0, 0.05) is 8.95 Å². The van der Waals surface area contributed by atoms with E-state index in [0.29, 0.717) is 0 Å². The quantitative estimate of drug-likeness (QED) is 0.513. The van der Waals surface area contributed by atoms with Gasteiger partial charge in [-0.25, -0.2) is 0 Å². The molecule has 2 rings (SSSR count). The summed E-state index contributed by atoms with van der Waals surface area (Å²) in [4.78, 5) is 0. The van der Waals surface area contributed by atoms with Crippen molar-refractivity contribution in [3.8, 4) is 0 Å². The Labute approximate surface area is 146 Å². The third-order valence-electron chi connectivity index (χ3n) is 3.44. The van der Waals surface area contributed by atoms with E-state index in [1.165, 1.54) is 31.2 Å². The van der Waals surface area contributed by atoms with Crippen LogP contribution in [0.5, 0.6) is 0 Å². The highest BCUT2D eigenvalue weighted by molar-refractivity contribution is 9.11. The van der Waals surface area contributed by atoms with Crippen LogP contribution in [0.2, 0.25) is 0 Å². The van der Waals surface area contributed by atoms with Crippen molar-refractivity contribution in [3.05, 3.63) is 67.6 Å². The molecule has 0 radical (unpaired) electrons. The van der Waals surface area contributed by atoms with Crippen LogP contribution in [0.15, 0.2) is 45.3 Å². The van der Waals surface area contributed by atoms with Crippen LogP contribution in [0.3, 0.4) is 0 Å². The predicted octanol–water partition coefficient (Wildman–Crippen LogP) is 6.89. The maximum Gasteiger partial charge on any atom is 0.0210 e. The van der Waals surface area contributed by atoms with E-state index in [-0.39, 0.29) is 0 Å². The zero-order valence-electron chi connectivity index (χ0n) is 13.3. The van der Waals surface area contributed by atoms with Gasteiger partial charge in [0.1, 0.15) is 0 Å². The number of aryl methyl sites for hydroxylation is 4. The summed E-state index contributed by atoms with van der Waals surface area (Å²) in [6.45, 7) is 8.30. The van der Waals surface area contributed by atoms with Gasteiger partial charge in [-0.05, 0) is 60.6 Å². The molecule has 21 heavy (non-hydrogen) atoms. The number of halogens is 2. The molecule has 0 aliphatic carbocycles. The fourth-order valence-electron chi connectivity index (χ4n) is 2.10. The van der Waals surface area contributed by atoms with Crippen molar-refractivity contribution in [2.24, 2.45) is 0 Å². The van der Waals surface area contributed by atoms with Gasteiger partial charge in [-0.2, -0.15) is 0 Å². The molecule has 0 heterocycles. The van der Waals surface area contributed by atoms with Crippen molar-refractivity contribution >= 4 is 31.9 Å². The molecule has 0 nitrogen and oxygen atoms in total. The van der Waals surface area contributed by atoms with Crippen LogP contribution in [0, 0.1) is 6.92 Å². The largest absolute Gasteiger partial charge is 0.0683 e. The molecule has 2 aromatic rings. The van der Waals surface area contributed by atoms with E-state index in [9.17, 15) is 0 Å². The highest BCUT2D eigenvalue weighted by atomic mass is 79.9. The lowest BCUT2D eigenvalue weighted by Gasteiger charge is -2.08. The molecule has 0 unspecified atom stereocenters. The monoisotopic (exact) mass is 410 g/mol. The first-order chi connectivity index (χ1) is 10.1.